The number of anilines is 1. The van der Waals surface area contributed by atoms with Crippen molar-refractivity contribution in [3.63, 3.8) is 0 Å². The first-order valence-corrected chi connectivity index (χ1v) is 11.8. The highest BCUT2D eigenvalue weighted by atomic mass is 35.5. The number of aryl methyl sites for hydroxylation is 3. The van der Waals surface area contributed by atoms with Gasteiger partial charge in [0.15, 0.2) is 18.9 Å². The van der Waals surface area contributed by atoms with Crippen molar-refractivity contribution in [2.24, 2.45) is 0 Å². The molecule has 1 aliphatic rings. The number of benzene rings is 3. The standard InChI is InChI=1S/C31H28N2O.ClH/c1-22-16-23(2)20-33(19-22)21-24-8-14-30(15-9-24)32-31(34)28-13-11-26-10-12-27(17-29(26)18-28)25-6-4-3-5-7-25;/h3-10,12,14-20H,11,13,21H2,1-2H3;1H. The summed E-state index contributed by atoms with van der Waals surface area (Å²) in [6.45, 7) is 5.04. The van der Waals surface area contributed by atoms with Gasteiger partial charge < -0.3 is 17.7 Å². The van der Waals surface area contributed by atoms with Gasteiger partial charge in [0.25, 0.3) is 5.91 Å². The van der Waals surface area contributed by atoms with Crippen molar-refractivity contribution >= 4 is 17.7 Å². The number of rotatable bonds is 5. The van der Waals surface area contributed by atoms with Crippen molar-refractivity contribution in [1.82, 2.24) is 0 Å². The number of halogens is 1. The third-order valence-electron chi connectivity index (χ3n) is 6.31. The minimum atomic E-state index is -0.0211. The van der Waals surface area contributed by atoms with Gasteiger partial charge in [-0.1, -0.05) is 54.6 Å². The Kier molecular flexibility index (Phi) is 7.48. The molecule has 0 radical (unpaired) electrons. The van der Waals surface area contributed by atoms with Crippen LogP contribution < -0.4 is 22.3 Å². The molecule has 176 valence electrons. The number of nitrogens with one attached hydrogen (secondary N) is 1. The molecule has 0 atom stereocenters. The molecule has 1 aliphatic carbocycles. The van der Waals surface area contributed by atoms with E-state index in [2.05, 4.69) is 96.8 Å². The summed E-state index contributed by atoms with van der Waals surface area (Å²) in [5.74, 6) is -0.0211. The van der Waals surface area contributed by atoms with Gasteiger partial charge in [-0.25, -0.2) is 4.57 Å². The summed E-state index contributed by atoms with van der Waals surface area (Å²) in [6.07, 6.45) is 7.99. The average molecular weight is 481 g/mol. The molecule has 3 nitrogen and oxygen atoms in total. The van der Waals surface area contributed by atoms with E-state index in [1.807, 2.05) is 24.3 Å². The van der Waals surface area contributed by atoms with E-state index in [4.69, 9.17) is 0 Å². The Morgan fingerprint density at radius 3 is 2.26 bits per heavy atom. The van der Waals surface area contributed by atoms with Crippen LogP contribution in [0, 0.1) is 13.8 Å². The fourth-order valence-corrected chi connectivity index (χ4v) is 4.68. The normalized spacial score (nSPS) is 12.2. The molecule has 3 aromatic carbocycles. The molecule has 0 saturated heterocycles. The first-order valence-electron chi connectivity index (χ1n) is 11.8. The lowest BCUT2D eigenvalue weighted by Crippen LogP contribution is -3.00. The number of nitrogens with zero attached hydrogens (tertiary/aromatic N) is 1. The van der Waals surface area contributed by atoms with Crippen LogP contribution in [0.2, 0.25) is 0 Å². The number of carbonyl (C=O) groups excluding carboxylic acids is 1. The zero-order chi connectivity index (χ0) is 23.5. The number of carbonyl (C=O) groups is 1. The monoisotopic (exact) mass is 480 g/mol. The lowest BCUT2D eigenvalue weighted by Gasteiger charge is -2.17. The average Bonchev–Trinajstić information content (AvgIpc) is 2.84. The Labute approximate surface area is 213 Å². The quantitative estimate of drug-likeness (QED) is 0.437. The van der Waals surface area contributed by atoms with E-state index in [0.29, 0.717) is 0 Å². The van der Waals surface area contributed by atoms with Gasteiger partial charge in [-0.05, 0) is 79.3 Å². The summed E-state index contributed by atoms with van der Waals surface area (Å²) in [7, 11) is 0. The van der Waals surface area contributed by atoms with Crippen LogP contribution in [0.4, 0.5) is 5.69 Å². The van der Waals surface area contributed by atoms with Gasteiger partial charge in [-0.15, -0.1) is 0 Å². The van der Waals surface area contributed by atoms with Gasteiger partial charge in [0.1, 0.15) is 0 Å². The van der Waals surface area contributed by atoms with Crippen molar-refractivity contribution in [2.75, 3.05) is 5.32 Å². The summed E-state index contributed by atoms with van der Waals surface area (Å²) < 4.78 is 2.20. The summed E-state index contributed by atoms with van der Waals surface area (Å²) in [5, 5.41) is 3.08. The third-order valence-corrected chi connectivity index (χ3v) is 6.31. The first-order chi connectivity index (χ1) is 16.5. The number of hydrogen-bond donors (Lipinski definition) is 1. The molecule has 0 aliphatic heterocycles. The van der Waals surface area contributed by atoms with Crippen molar-refractivity contribution in [2.45, 2.75) is 33.2 Å². The zero-order valence-electron chi connectivity index (χ0n) is 20.1. The van der Waals surface area contributed by atoms with Crippen LogP contribution in [-0.4, -0.2) is 5.91 Å². The molecule has 4 heteroatoms. The third kappa shape index (κ3) is 5.87. The molecule has 0 spiro atoms. The number of fused-ring (bicyclic) bond motifs is 1. The van der Waals surface area contributed by atoms with Crippen LogP contribution in [0.5, 0.6) is 0 Å². The van der Waals surface area contributed by atoms with E-state index in [-0.39, 0.29) is 18.3 Å². The Balaban J connectivity index is 0.00000289. The van der Waals surface area contributed by atoms with Crippen molar-refractivity contribution < 1.29 is 21.8 Å². The van der Waals surface area contributed by atoms with Gasteiger partial charge in [-0.3, -0.25) is 4.79 Å². The molecule has 35 heavy (non-hydrogen) atoms. The summed E-state index contributed by atoms with van der Waals surface area (Å²) in [5.41, 5.74) is 10.2. The molecule has 0 bridgehead atoms. The smallest absolute Gasteiger partial charge is 0.251 e. The van der Waals surface area contributed by atoms with Gasteiger partial charge in [-0.2, -0.15) is 0 Å². The van der Waals surface area contributed by atoms with Crippen LogP contribution in [0.25, 0.3) is 17.2 Å². The van der Waals surface area contributed by atoms with Crippen molar-refractivity contribution in [3.05, 3.63) is 125 Å². The lowest BCUT2D eigenvalue weighted by molar-refractivity contribution is -0.689. The molecule has 5 rings (SSSR count). The second kappa shape index (κ2) is 10.7. The largest absolute Gasteiger partial charge is 1.00 e. The van der Waals surface area contributed by atoms with Gasteiger partial charge in [0.05, 0.1) is 0 Å². The Hall–Kier alpha value is -3.69. The maximum atomic E-state index is 13.0. The fourth-order valence-electron chi connectivity index (χ4n) is 4.68. The Morgan fingerprint density at radius 1 is 0.829 bits per heavy atom. The number of aromatic nitrogens is 1. The summed E-state index contributed by atoms with van der Waals surface area (Å²) >= 11 is 0. The van der Waals surface area contributed by atoms with Gasteiger partial charge >= 0.3 is 0 Å². The van der Waals surface area contributed by atoms with Crippen LogP contribution in [-0.2, 0) is 17.8 Å². The number of amides is 1. The predicted molar refractivity (Wildman–Crippen MR) is 138 cm³/mol. The summed E-state index contributed by atoms with van der Waals surface area (Å²) in [4.78, 5) is 13.0. The molecule has 1 aromatic heterocycles. The van der Waals surface area contributed by atoms with Crippen LogP contribution in [0.15, 0.2) is 96.8 Å². The maximum Gasteiger partial charge on any atom is 0.251 e. The highest BCUT2D eigenvalue weighted by molar-refractivity contribution is 6.07. The van der Waals surface area contributed by atoms with Crippen LogP contribution in [0.3, 0.4) is 0 Å². The van der Waals surface area contributed by atoms with E-state index in [9.17, 15) is 4.79 Å². The highest BCUT2D eigenvalue weighted by Crippen LogP contribution is 2.29. The van der Waals surface area contributed by atoms with E-state index in [0.717, 1.165) is 36.2 Å². The number of pyridine rings is 1. The van der Waals surface area contributed by atoms with Crippen molar-refractivity contribution in [3.8, 4) is 11.1 Å². The summed E-state index contributed by atoms with van der Waals surface area (Å²) in [6, 6.07) is 27.2. The van der Waals surface area contributed by atoms with E-state index in [1.165, 1.54) is 33.4 Å². The second-order valence-electron chi connectivity index (χ2n) is 9.16. The SMILES string of the molecule is Cc1cc(C)c[n+](Cc2ccc(NC(=O)C3=Cc4cc(-c5ccccc5)ccc4CC3)cc2)c1.[Cl-]. The van der Waals surface area contributed by atoms with Crippen molar-refractivity contribution in [1.29, 1.82) is 0 Å². The van der Waals surface area contributed by atoms with E-state index >= 15 is 0 Å². The maximum absolute atomic E-state index is 13.0. The molecule has 0 fully saturated rings. The molecule has 0 saturated carbocycles. The fraction of sp³-hybridized carbons (Fsp3) is 0.161. The van der Waals surface area contributed by atoms with E-state index < -0.39 is 0 Å². The molecule has 4 aromatic rings. The molecule has 1 N–H and O–H groups in total. The molecule has 0 unspecified atom stereocenters. The minimum absolute atomic E-state index is 0. The molecule has 1 amide bonds. The second-order valence-corrected chi connectivity index (χ2v) is 9.16. The van der Waals surface area contributed by atoms with Crippen LogP contribution >= 0.6 is 0 Å². The highest BCUT2D eigenvalue weighted by Gasteiger charge is 2.17. The Morgan fingerprint density at radius 2 is 1.54 bits per heavy atom. The molecule has 1 heterocycles. The van der Waals surface area contributed by atoms with Crippen LogP contribution in [0.1, 0.15) is 34.2 Å². The topological polar surface area (TPSA) is 33.0 Å². The Bertz CT molecular complexity index is 1360. The zero-order valence-corrected chi connectivity index (χ0v) is 20.8. The van der Waals surface area contributed by atoms with Gasteiger partial charge in [0.2, 0.25) is 0 Å². The predicted octanol–water partition coefficient (Wildman–Crippen LogP) is 3.28. The lowest BCUT2D eigenvalue weighted by atomic mass is 9.89. The molecular formula is C31H29ClN2O. The molecular weight excluding hydrogens is 452 g/mol. The minimum Gasteiger partial charge on any atom is -1.00 e. The van der Waals surface area contributed by atoms with E-state index in [1.54, 1.807) is 0 Å². The first kappa shape index (κ1) is 24.4. The number of hydrogen-bond acceptors (Lipinski definition) is 1. The van der Waals surface area contributed by atoms with Gasteiger partial charge in [0, 0.05) is 28.0 Å².